The minimum absolute atomic E-state index is 0.0568. The van der Waals surface area contributed by atoms with Crippen LogP contribution in [0.5, 0.6) is 5.75 Å². The van der Waals surface area contributed by atoms with E-state index in [0.29, 0.717) is 26.7 Å². The summed E-state index contributed by atoms with van der Waals surface area (Å²) in [7, 11) is 1.31. The summed E-state index contributed by atoms with van der Waals surface area (Å²) in [5.74, 6) is -1.08. The fourth-order valence-electron chi connectivity index (χ4n) is 2.67. The van der Waals surface area contributed by atoms with Crippen LogP contribution in [0.4, 0.5) is 4.39 Å². The lowest BCUT2D eigenvalue weighted by Crippen LogP contribution is -2.05. The van der Waals surface area contributed by atoms with Gasteiger partial charge in [0.1, 0.15) is 11.6 Å². The van der Waals surface area contributed by atoms with Gasteiger partial charge >= 0.3 is 5.97 Å². The Labute approximate surface area is 156 Å². The number of rotatable bonds is 5. The van der Waals surface area contributed by atoms with Crippen molar-refractivity contribution in [2.75, 3.05) is 7.11 Å². The summed E-state index contributed by atoms with van der Waals surface area (Å²) in [6.07, 6.45) is 0.239. The van der Waals surface area contributed by atoms with Gasteiger partial charge in [-0.05, 0) is 40.8 Å². The molecule has 3 nitrogen and oxygen atoms in total. The summed E-state index contributed by atoms with van der Waals surface area (Å²) < 4.78 is 19.3. The number of hydrogen-bond donors (Lipinski definition) is 1. The first-order valence-electron chi connectivity index (χ1n) is 7.78. The van der Waals surface area contributed by atoms with E-state index in [9.17, 15) is 14.3 Å². The van der Waals surface area contributed by atoms with Gasteiger partial charge in [0.25, 0.3) is 0 Å². The van der Waals surface area contributed by atoms with Gasteiger partial charge in [-0.3, -0.25) is 4.79 Å². The van der Waals surface area contributed by atoms with Crippen molar-refractivity contribution in [1.29, 1.82) is 0 Å². The second-order valence-electron chi connectivity index (χ2n) is 6.09. The van der Waals surface area contributed by atoms with Crippen LogP contribution in [-0.2, 0) is 22.4 Å². The molecule has 0 aromatic heterocycles. The summed E-state index contributed by atoms with van der Waals surface area (Å²) in [6, 6.07) is 6.25. The maximum atomic E-state index is 14.7. The first-order valence-corrected chi connectivity index (χ1v) is 8.54. The third-order valence-electron chi connectivity index (χ3n) is 3.96. The Hall–Kier alpha value is -1.78. The van der Waals surface area contributed by atoms with E-state index >= 15 is 0 Å². The van der Waals surface area contributed by atoms with Gasteiger partial charge in [0.15, 0.2) is 0 Å². The van der Waals surface area contributed by atoms with E-state index in [4.69, 9.17) is 23.2 Å². The Morgan fingerprint density at radius 1 is 1.24 bits per heavy atom. The van der Waals surface area contributed by atoms with Gasteiger partial charge in [0.05, 0.1) is 13.5 Å². The number of phenols is 1. The number of hydrogen-bond acceptors (Lipinski definition) is 3. The predicted molar refractivity (Wildman–Crippen MR) is 97.1 cm³/mol. The fourth-order valence-corrected chi connectivity index (χ4v) is 3.34. The van der Waals surface area contributed by atoms with E-state index in [1.165, 1.54) is 19.2 Å². The van der Waals surface area contributed by atoms with Gasteiger partial charge in [-0.15, -0.1) is 0 Å². The number of carbonyl (C=O) groups excluding carboxylic acids is 1. The van der Waals surface area contributed by atoms with Gasteiger partial charge < -0.3 is 9.84 Å². The quantitative estimate of drug-likeness (QED) is 0.714. The highest BCUT2D eigenvalue weighted by atomic mass is 35.5. The number of aromatic hydroxyl groups is 1. The minimum Gasteiger partial charge on any atom is -0.508 e. The fraction of sp³-hybridized carbons (Fsp3) is 0.316. The van der Waals surface area contributed by atoms with E-state index in [1.807, 2.05) is 13.8 Å². The molecule has 0 atom stereocenters. The first kappa shape index (κ1) is 19.5. The van der Waals surface area contributed by atoms with Crippen molar-refractivity contribution in [3.8, 4) is 5.75 Å². The molecule has 0 radical (unpaired) electrons. The monoisotopic (exact) mass is 384 g/mol. The van der Waals surface area contributed by atoms with Gasteiger partial charge in [-0.25, -0.2) is 4.39 Å². The molecule has 6 heteroatoms. The molecule has 0 saturated carbocycles. The molecule has 2 aromatic carbocycles. The molecule has 1 N–H and O–H groups in total. The normalized spacial score (nSPS) is 11.0. The third-order valence-corrected chi connectivity index (χ3v) is 4.63. The molecule has 0 amide bonds. The molecule has 25 heavy (non-hydrogen) atoms. The van der Waals surface area contributed by atoms with Crippen LogP contribution in [0, 0.1) is 5.82 Å². The van der Waals surface area contributed by atoms with Crippen LogP contribution in [0.1, 0.15) is 42.0 Å². The zero-order valence-electron chi connectivity index (χ0n) is 14.2. The van der Waals surface area contributed by atoms with Crippen molar-refractivity contribution < 1.29 is 19.0 Å². The largest absolute Gasteiger partial charge is 0.508 e. The van der Waals surface area contributed by atoms with Gasteiger partial charge in [-0.1, -0.05) is 43.1 Å². The zero-order valence-corrected chi connectivity index (χ0v) is 15.7. The molecule has 0 aliphatic rings. The Morgan fingerprint density at radius 2 is 1.84 bits per heavy atom. The minimum atomic E-state index is -0.458. The number of benzene rings is 2. The number of phenolic OH excluding ortho intramolecular Hbond substituents is 1. The van der Waals surface area contributed by atoms with E-state index in [-0.39, 0.29) is 30.1 Å². The second kappa shape index (κ2) is 8.07. The highest BCUT2D eigenvalue weighted by Crippen LogP contribution is 2.34. The van der Waals surface area contributed by atoms with Crippen molar-refractivity contribution >= 4 is 29.2 Å². The lowest BCUT2D eigenvalue weighted by atomic mass is 9.95. The topological polar surface area (TPSA) is 46.5 Å². The van der Waals surface area contributed by atoms with E-state index in [2.05, 4.69) is 4.74 Å². The Bertz CT molecular complexity index is 780. The molecular formula is C19H19Cl2FO3. The standard InChI is InChI=1S/C19H19Cl2FO3/c1-10(2)18-16(23)5-4-12(19(18)22)9-13-14(20)6-11(7-15(13)21)8-17(24)25-3/h4-7,10,23H,8-9H2,1-3H3. The first-order chi connectivity index (χ1) is 11.7. The van der Waals surface area contributed by atoms with Crippen LogP contribution in [0.15, 0.2) is 24.3 Å². The van der Waals surface area contributed by atoms with Gasteiger partial charge in [0, 0.05) is 22.0 Å². The smallest absolute Gasteiger partial charge is 0.309 e. The molecule has 0 unspecified atom stereocenters. The molecule has 134 valence electrons. The lowest BCUT2D eigenvalue weighted by Gasteiger charge is -2.15. The van der Waals surface area contributed by atoms with Crippen molar-refractivity contribution in [3.63, 3.8) is 0 Å². The Morgan fingerprint density at radius 3 is 2.36 bits per heavy atom. The molecule has 0 fully saturated rings. The third kappa shape index (κ3) is 4.44. The van der Waals surface area contributed by atoms with Crippen molar-refractivity contribution in [2.45, 2.75) is 32.6 Å². The average Bonchev–Trinajstić information content (AvgIpc) is 2.52. The summed E-state index contributed by atoms with van der Waals surface area (Å²) in [4.78, 5) is 11.4. The molecule has 2 rings (SSSR count). The van der Waals surface area contributed by atoms with Crippen LogP contribution in [0.25, 0.3) is 0 Å². The van der Waals surface area contributed by atoms with Crippen molar-refractivity contribution in [1.82, 2.24) is 0 Å². The summed E-state index contributed by atoms with van der Waals surface area (Å²) >= 11 is 12.6. The number of carbonyl (C=O) groups is 1. The molecule has 2 aromatic rings. The molecule has 0 spiro atoms. The Balaban J connectivity index is 2.38. The zero-order chi connectivity index (χ0) is 18.7. The van der Waals surface area contributed by atoms with E-state index in [0.717, 1.165) is 0 Å². The number of esters is 1. The summed E-state index contributed by atoms with van der Waals surface area (Å²) in [6.45, 7) is 3.62. The summed E-state index contributed by atoms with van der Waals surface area (Å²) in [5, 5.41) is 10.6. The van der Waals surface area contributed by atoms with Crippen molar-refractivity contribution in [3.05, 3.63) is 62.4 Å². The molecule has 0 saturated heterocycles. The van der Waals surface area contributed by atoms with Crippen LogP contribution < -0.4 is 0 Å². The molecule has 0 aliphatic carbocycles. The SMILES string of the molecule is COC(=O)Cc1cc(Cl)c(Cc2ccc(O)c(C(C)C)c2F)c(Cl)c1. The Kier molecular flexibility index (Phi) is 6.31. The lowest BCUT2D eigenvalue weighted by molar-refractivity contribution is -0.139. The molecule has 0 bridgehead atoms. The van der Waals surface area contributed by atoms with E-state index < -0.39 is 11.8 Å². The maximum Gasteiger partial charge on any atom is 0.309 e. The second-order valence-corrected chi connectivity index (χ2v) is 6.91. The highest BCUT2D eigenvalue weighted by molar-refractivity contribution is 6.36. The molecule has 0 heterocycles. The van der Waals surface area contributed by atoms with Crippen LogP contribution in [0.2, 0.25) is 10.0 Å². The summed E-state index contributed by atoms with van der Waals surface area (Å²) in [5.41, 5.74) is 1.86. The average molecular weight is 385 g/mol. The number of halogens is 3. The molecular weight excluding hydrogens is 366 g/mol. The highest BCUT2D eigenvalue weighted by Gasteiger charge is 2.18. The molecule has 0 aliphatic heterocycles. The predicted octanol–water partition coefficient (Wildman–Crippen LogP) is 5.27. The van der Waals surface area contributed by atoms with Crippen LogP contribution >= 0.6 is 23.2 Å². The number of ether oxygens (including phenoxy) is 1. The van der Waals surface area contributed by atoms with Gasteiger partial charge in [-0.2, -0.15) is 0 Å². The maximum absolute atomic E-state index is 14.7. The van der Waals surface area contributed by atoms with Crippen LogP contribution in [-0.4, -0.2) is 18.2 Å². The van der Waals surface area contributed by atoms with Crippen LogP contribution in [0.3, 0.4) is 0 Å². The van der Waals surface area contributed by atoms with E-state index in [1.54, 1.807) is 12.1 Å². The van der Waals surface area contributed by atoms with Crippen molar-refractivity contribution in [2.24, 2.45) is 0 Å². The number of methoxy groups -OCH3 is 1. The van der Waals surface area contributed by atoms with Gasteiger partial charge in [0.2, 0.25) is 0 Å².